The average molecular weight is 716 g/mol. The molecule has 0 aliphatic heterocycles. The topological polar surface area (TPSA) is 16.4 Å². The molecule has 0 aliphatic rings. The highest BCUT2D eigenvalue weighted by molar-refractivity contribution is 5.91. The van der Waals surface area contributed by atoms with E-state index in [0.29, 0.717) is 0 Å². The van der Waals surface area contributed by atoms with Gasteiger partial charge in [-0.2, -0.15) is 0 Å². The molecule has 10 aromatic rings. The molecule has 0 saturated carbocycles. The number of rotatable bonds is 8. The molecule has 0 saturated heterocycles. The Morgan fingerprint density at radius 1 is 0.286 bits per heavy atom. The van der Waals surface area contributed by atoms with Gasteiger partial charge in [0.05, 0.1) is 5.69 Å². The molecule has 1 heterocycles. The fraction of sp³-hybridized carbons (Fsp3) is 0. The van der Waals surface area contributed by atoms with Crippen LogP contribution in [0.4, 0.5) is 17.1 Å². The van der Waals surface area contributed by atoms with Crippen molar-refractivity contribution >= 4 is 38.8 Å². The molecule has 0 spiro atoms. The number of fused-ring (bicyclic) bond motifs is 2. The fourth-order valence-corrected chi connectivity index (χ4v) is 7.79. The maximum atomic E-state index is 6.35. The van der Waals surface area contributed by atoms with E-state index in [1.807, 2.05) is 18.2 Å². The van der Waals surface area contributed by atoms with Gasteiger partial charge in [0.1, 0.15) is 11.3 Å². The van der Waals surface area contributed by atoms with Gasteiger partial charge >= 0.3 is 0 Å². The van der Waals surface area contributed by atoms with E-state index in [1.165, 1.54) is 38.6 Å². The highest BCUT2D eigenvalue weighted by Crippen LogP contribution is 2.43. The molecule has 0 amide bonds. The smallest absolute Gasteiger partial charge is 0.135 e. The van der Waals surface area contributed by atoms with Crippen LogP contribution in [0, 0.1) is 0 Å². The third-order valence-corrected chi connectivity index (χ3v) is 10.7. The van der Waals surface area contributed by atoms with Gasteiger partial charge in [-0.15, -0.1) is 0 Å². The quantitative estimate of drug-likeness (QED) is 0.156. The largest absolute Gasteiger partial charge is 0.456 e. The SMILES string of the molecule is c1ccc(-c2ccc(-c3ccccc3N(c3ccc(-c4cccc(-c5ccc6ccccc6c5)c4)cc3)c3cccc(-c4cc5ccccc5o4)c3)cc2)cc1. The van der Waals surface area contributed by atoms with E-state index >= 15 is 0 Å². The van der Waals surface area contributed by atoms with Crippen molar-refractivity contribution in [2.45, 2.75) is 0 Å². The average Bonchev–Trinajstić information content (AvgIpc) is 3.72. The molecule has 0 atom stereocenters. The van der Waals surface area contributed by atoms with Crippen molar-refractivity contribution in [2.75, 3.05) is 4.90 Å². The second-order valence-corrected chi connectivity index (χ2v) is 14.2. The van der Waals surface area contributed by atoms with Gasteiger partial charge in [0.25, 0.3) is 0 Å². The van der Waals surface area contributed by atoms with Crippen LogP contribution >= 0.6 is 0 Å². The lowest BCUT2D eigenvalue weighted by molar-refractivity contribution is 0.631. The first-order valence-corrected chi connectivity index (χ1v) is 19.1. The lowest BCUT2D eigenvalue weighted by atomic mass is 9.96. The summed E-state index contributed by atoms with van der Waals surface area (Å²) in [5.41, 5.74) is 14.6. The lowest BCUT2D eigenvalue weighted by Crippen LogP contribution is -2.11. The third-order valence-electron chi connectivity index (χ3n) is 10.7. The summed E-state index contributed by atoms with van der Waals surface area (Å²) in [5, 5.41) is 3.59. The standard InChI is InChI=1S/C54H37NO/c1-2-12-38(13-3-1)40-24-27-42(28-25-40)51-21-7-8-22-52(51)55(50-20-11-19-47(36-50)54-37-48-16-6-9-23-53(48)56-54)49-32-30-41(31-33-49)44-17-10-18-45(34-44)46-29-26-39-14-4-5-15-43(39)35-46/h1-37H. The van der Waals surface area contributed by atoms with Crippen LogP contribution in [0.3, 0.4) is 0 Å². The zero-order valence-electron chi connectivity index (χ0n) is 30.7. The van der Waals surface area contributed by atoms with Crippen LogP contribution in [0.1, 0.15) is 0 Å². The molecular weight excluding hydrogens is 679 g/mol. The van der Waals surface area contributed by atoms with Crippen molar-refractivity contribution < 1.29 is 4.42 Å². The summed E-state index contributed by atoms with van der Waals surface area (Å²) in [5.74, 6) is 0.847. The molecule has 56 heavy (non-hydrogen) atoms. The maximum absolute atomic E-state index is 6.35. The van der Waals surface area contributed by atoms with Crippen molar-refractivity contribution in [2.24, 2.45) is 0 Å². The number of hydrogen-bond donors (Lipinski definition) is 0. The highest BCUT2D eigenvalue weighted by Gasteiger charge is 2.19. The van der Waals surface area contributed by atoms with Crippen LogP contribution in [0.15, 0.2) is 229 Å². The minimum absolute atomic E-state index is 0.847. The Morgan fingerprint density at radius 3 is 1.66 bits per heavy atom. The summed E-state index contributed by atoms with van der Waals surface area (Å²) in [6, 6.07) is 80.1. The van der Waals surface area contributed by atoms with E-state index in [1.54, 1.807) is 0 Å². The molecule has 10 rings (SSSR count). The lowest BCUT2D eigenvalue weighted by Gasteiger charge is -2.28. The molecular formula is C54H37NO. The predicted molar refractivity (Wildman–Crippen MR) is 236 cm³/mol. The highest BCUT2D eigenvalue weighted by atomic mass is 16.3. The summed E-state index contributed by atoms with van der Waals surface area (Å²) in [7, 11) is 0. The first kappa shape index (κ1) is 33.2. The molecule has 9 aromatic carbocycles. The van der Waals surface area contributed by atoms with Crippen molar-refractivity contribution in [3.63, 3.8) is 0 Å². The van der Waals surface area contributed by atoms with Crippen LogP contribution in [0.25, 0.3) is 77.6 Å². The first-order chi connectivity index (χ1) is 27.7. The minimum Gasteiger partial charge on any atom is -0.456 e. The van der Waals surface area contributed by atoms with Gasteiger partial charge in [0.2, 0.25) is 0 Å². The van der Waals surface area contributed by atoms with E-state index in [2.05, 4.69) is 211 Å². The van der Waals surface area contributed by atoms with E-state index in [4.69, 9.17) is 4.42 Å². The first-order valence-electron chi connectivity index (χ1n) is 19.1. The van der Waals surface area contributed by atoms with Crippen LogP contribution < -0.4 is 4.90 Å². The van der Waals surface area contributed by atoms with Crippen LogP contribution in [-0.2, 0) is 0 Å². The van der Waals surface area contributed by atoms with Crippen molar-refractivity contribution in [3.05, 3.63) is 224 Å². The summed E-state index contributed by atoms with van der Waals surface area (Å²) in [6.45, 7) is 0. The van der Waals surface area contributed by atoms with Crippen LogP contribution in [-0.4, -0.2) is 0 Å². The second-order valence-electron chi connectivity index (χ2n) is 14.2. The summed E-state index contributed by atoms with van der Waals surface area (Å²) >= 11 is 0. The van der Waals surface area contributed by atoms with Crippen molar-refractivity contribution in [1.82, 2.24) is 0 Å². The Balaban J connectivity index is 1.06. The van der Waals surface area contributed by atoms with E-state index < -0.39 is 0 Å². The van der Waals surface area contributed by atoms with Gasteiger partial charge in [0, 0.05) is 27.9 Å². The van der Waals surface area contributed by atoms with E-state index in [0.717, 1.165) is 56.0 Å². The molecule has 1 aromatic heterocycles. The summed E-state index contributed by atoms with van der Waals surface area (Å²) in [6.07, 6.45) is 0. The molecule has 2 nitrogen and oxygen atoms in total. The predicted octanol–water partition coefficient (Wildman–Crippen LogP) is 15.4. The monoisotopic (exact) mass is 715 g/mol. The van der Waals surface area contributed by atoms with Gasteiger partial charge in [-0.3, -0.25) is 0 Å². The molecule has 0 N–H and O–H groups in total. The zero-order chi connectivity index (χ0) is 37.3. The molecule has 2 heteroatoms. The van der Waals surface area contributed by atoms with Crippen LogP contribution in [0.2, 0.25) is 0 Å². The number of para-hydroxylation sites is 2. The molecule has 0 aliphatic carbocycles. The Kier molecular flexibility index (Phi) is 8.55. The molecule has 0 radical (unpaired) electrons. The summed E-state index contributed by atoms with van der Waals surface area (Å²) in [4.78, 5) is 2.36. The van der Waals surface area contributed by atoms with Gasteiger partial charge in [-0.25, -0.2) is 0 Å². The third kappa shape index (κ3) is 6.44. The molecule has 0 bridgehead atoms. The molecule has 0 unspecified atom stereocenters. The van der Waals surface area contributed by atoms with Crippen molar-refractivity contribution in [1.29, 1.82) is 0 Å². The fourth-order valence-electron chi connectivity index (χ4n) is 7.79. The number of anilines is 3. The zero-order valence-corrected chi connectivity index (χ0v) is 30.7. The van der Waals surface area contributed by atoms with E-state index in [9.17, 15) is 0 Å². The number of hydrogen-bond acceptors (Lipinski definition) is 2. The number of nitrogens with zero attached hydrogens (tertiary/aromatic N) is 1. The van der Waals surface area contributed by atoms with Crippen molar-refractivity contribution in [3.8, 4) is 55.8 Å². The Labute approximate surface area is 327 Å². The molecule has 264 valence electrons. The number of furan rings is 1. The number of benzene rings is 9. The summed E-state index contributed by atoms with van der Waals surface area (Å²) < 4.78 is 6.35. The Morgan fingerprint density at radius 2 is 0.839 bits per heavy atom. The van der Waals surface area contributed by atoms with Gasteiger partial charge < -0.3 is 9.32 Å². The Hall–Kier alpha value is -7.42. The molecule has 0 fully saturated rings. The van der Waals surface area contributed by atoms with E-state index in [-0.39, 0.29) is 0 Å². The maximum Gasteiger partial charge on any atom is 0.135 e. The normalized spacial score (nSPS) is 11.2. The Bertz CT molecular complexity index is 2930. The second kappa shape index (κ2) is 14.4. The van der Waals surface area contributed by atoms with Crippen LogP contribution in [0.5, 0.6) is 0 Å². The van der Waals surface area contributed by atoms with Gasteiger partial charge in [-0.1, -0.05) is 170 Å². The van der Waals surface area contributed by atoms with Gasteiger partial charge in [-0.05, 0) is 104 Å². The minimum atomic E-state index is 0.847. The van der Waals surface area contributed by atoms with Gasteiger partial charge in [0.15, 0.2) is 0 Å².